The predicted molar refractivity (Wildman–Crippen MR) is 445 cm³/mol. The first-order valence-electron chi connectivity index (χ1n) is 40.7. The lowest BCUT2D eigenvalue weighted by atomic mass is 10.1. The Balaban J connectivity index is 5.51. The molecule has 3 N–H and O–H groups in total. The van der Waals surface area contributed by atoms with Crippen molar-refractivity contribution in [2.24, 2.45) is 0 Å². The normalized spacial score (nSPS) is 14.8. The monoisotopic (exact) mass is 1540 g/mol. The maximum atomic E-state index is 13.1. The smallest absolute Gasteiger partial charge is 0.462 e. The molecule has 0 aliphatic heterocycles. The average molecular weight is 1550 g/mol. The fourth-order valence-corrected chi connectivity index (χ4v) is 11.5. The van der Waals surface area contributed by atoms with Gasteiger partial charge < -0.3 is 33.8 Å². The van der Waals surface area contributed by atoms with Crippen molar-refractivity contribution in [3.63, 3.8) is 0 Å². The number of hydrogen-bond donors (Lipinski definition) is 3. The van der Waals surface area contributed by atoms with Crippen LogP contribution in [-0.2, 0) is 65.4 Å². The molecular formula is C89H142O17P2. The molecular weight excluding hydrogens is 1400 g/mol. The van der Waals surface area contributed by atoms with Gasteiger partial charge in [-0.15, -0.1) is 0 Å². The number of aliphatic hydroxyl groups excluding tert-OH is 1. The van der Waals surface area contributed by atoms with E-state index in [1.807, 2.05) is 18.2 Å². The van der Waals surface area contributed by atoms with Gasteiger partial charge in [-0.25, -0.2) is 9.13 Å². The number of allylic oxidation sites excluding steroid dienone is 32. The van der Waals surface area contributed by atoms with Gasteiger partial charge >= 0.3 is 39.5 Å². The number of hydrogen-bond acceptors (Lipinski definition) is 15. The van der Waals surface area contributed by atoms with Crippen molar-refractivity contribution in [2.45, 2.75) is 303 Å². The van der Waals surface area contributed by atoms with Gasteiger partial charge in [0.2, 0.25) is 0 Å². The molecule has 5 unspecified atom stereocenters. The van der Waals surface area contributed by atoms with Gasteiger partial charge in [0, 0.05) is 25.7 Å². The van der Waals surface area contributed by atoms with Crippen LogP contribution in [0.25, 0.3) is 0 Å². The summed E-state index contributed by atoms with van der Waals surface area (Å²) >= 11 is 0. The molecule has 108 heavy (non-hydrogen) atoms. The molecule has 0 saturated carbocycles. The Labute approximate surface area is 653 Å². The van der Waals surface area contributed by atoms with Crippen molar-refractivity contribution < 1.29 is 80.2 Å². The van der Waals surface area contributed by atoms with Crippen molar-refractivity contribution in [3.05, 3.63) is 194 Å². The molecule has 19 heteroatoms. The van der Waals surface area contributed by atoms with Crippen LogP contribution < -0.4 is 0 Å². The first kappa shape index (κ1) is 102. The number of aliphatic hydroxyl groups is 1. The minimum atomic E-state index is -5.01. The Morgan fingerprint density at radius 3 is 0.806 bits per heavy atom. The number of unbranched alkanes of at least 4 members (excludes halogenated alkanes) is 16. The van der Waals surface area contributed by atoms with Gasteiger partial charge in [-0.05, 0) is 173 Å². The lowest BCUT2D eigenvalue weighted by molar-refractivity contribution is -0.161. The van der Waals surface area contributed by atoms with E-state index < -0.39 is 97.5 Å². The second-order valence-electron chi connectivity index (χ2n) is 26.2. The highest BCUT2D eigenvalue weighted by molar-refractivity contribution is 7.47. The molecule has 0 radical (unpaired) electrons. The highest BCUT2D eigenvalue weighted by atomic mass is 31.2. The topological polar surface area (TPSA) is 237 Å². The van der Waals surface area contributed by atoms with Crippen LogP contribution in [0.4, 0.5) is 0 Å². The third kappa shape index (κ3) is 78.0. The number of ether oxygens (including phenoxy) is 4. The molecule has 0 aromatic carbocycles. The number of carbonyl (C=O) groups is 4. The van der Waals surface area contributed by atoms with E-state index in [1.54, 1.807) is 0 Å². The summed E-state index contributed by atoms with van der Waals surface area (Å²) < 4.78 is 68.5. The number of carbonyl (C=O) groups excluding carboxylic acids is 4. The zero-order valence-corrected chi connectivity index (χ0v) is 68.5. The lowest BCUT2D eigenvalue weighted by Crippen LogP contribution is -2.30. The second-order valence-corrected chi connectivity index (χ2v) is 29.1. The van der Waals surface area contributed by atoms with E-state index >= 15 is 0 Å². The molecule has 0 bridgehead atoms. The third-order valence-electron chi connectivity index (χ3n) is 16.0. The van der Waals surface area contributed by atoms with E-state index in [1.165, 1.54) is 19.3 Å². The Morgan fingerprint density at radius 2 is 0.500 bits per heavy atom. The largest absolute Gasteiger partial charge is 0.472 e. The molecule has 0 rings (SSSR count). The van der Waals surface area contributed by atoms with E-state index in [4.69, 9.17) is 37.0 Å². The van der Waals surface area contributed by atoms with E-state index in [-0.39, 0.29) is 25.7 Å². The SMILES string of the molecule is CC/C=C\C/C=C\C/C=C\C/C=C\C/C=C\C/C=C\CCC(=O)OCC(COP(=O)(O)OCC(O)COP(=O)(O)OCC(COC(=O)CCCCC/C=C\C/C=C\C/C=C\C/C=C\C/C=C\CC)OC(=O)CCCCCCC/C=C\C/C=C\C/C=C\CC)OC(=O)CCCCCCC/C=C\C/C=C\CCCCC. The summed E-state index contributed by atoms with van der Waals surface area (Å²) in [6.45, 7) is 4.33. The number of esters is 4. The predicted octanol–water partition coefficient (Wildman–Crippen LogP) is 24.1. The van der Waals surface area contributed by atoms with Crippen molar-refractivity contribution in [3.8, 4) is 0 Å². The van der Waals surface area contributed by atoms with Gasteiger partial charge in [0.05, 0.1) is 26.4 Å². The summed E-state index contributed by atoms with van der Waals surface area (Å²) in [6.07, 6.45) is 97.0. The van der Waals surface area contributed by atoms with E-state index in [2.05, 4.69) is 204 Å². The minimum Gasteiger partial charge on any atom is -0.462 e. The molecule has 17 nitrogen and oxygen atoms in total. The first-order chi connectivity index (χ1) is 52.7. The van der Waals surface area contributed by atoms with Gasteiger partial charge in [0.1, 0.15) is 19.3 Å². The first-order valence-corrected chi connectivity index (χ1v) is 43.7. The Kier molecular flexibility index (Phi) is 74.5. The van der Waals surface area contributed by atoms with Gasteiger partial charge in [0.15, 0.2) is 12.2 Å². The van der Waals surface area contributed by atoms with Crippen LogP contribution in [0.15, 0.2) is 194 Å². The van der Waals surface area contributed by atoms with Crippen LogP contribution in [0.3, 0.4) is 0 Å². The fourth-order valence-electron chi connectivity index (χ4n) is 9.96. The summed E-state index contributed by atoms with van der Waals surface area (Å²) in [5.74, 6) is -2.36. The Bertz CT molecular complexity index is 2810. The molecule has 610 valence electrons. The molecule has 0 heterocycles. The minimum absolute atomic E-state index is 0.0252. The van der Waals surface area contributed by atoms with Gasteiger partial charge in [-0.2, -0.15) is 0 Å². The zero-order chi connectivity index (χ0) is 78.9. The summed E-state index contributed by atoms with van der Waals surface area (Å²) in [6, 6.07) is 0. The van der Waals surface area contributed by atoms with Crippen molar-refractivity contribution in [1.29, 1.82) is 0 Å². The van der Waals surface area contributed by atoms with Gasteiger partial charge in [0.25, 0.3) is 0 Å². The molecule has 0 amide bonds. The third-order valence-corrected chi connectivity index (χ3v) is 17.9. The zero-order valence-electron chi connectivity index (χ0n) is 66.7. The summed E-state index contributed by atoms with van der Waals surface area (Å²) in [5, 5.41) is 10.7. The molecule has 0 aliphatic rings. The molecule has 0 spiro atoms. The van der Waals surface area contributed by atoms with Crippen LogP contribution in [0, 0.1) is 0 Å². The summed E-state index contributed by atoms with van der Waals surface area (Å²) in [7, 11) is -10.0. The Morgan fingerprint density at radius 1 is 0.269 bits per heavy atom. The van der Waals surface area contributed by atoms with Gasteiger partial charge in [-0.3, -0.25) is 37.3 Å². The van der Waals surface area contributed by atoms with Crippen LogP contribution in [0.2, 0.25) is 0 Å². The molecule has 0 aromatic heterocycles. The van der Waals surface area contributed by atoms with Crippen molar-refractivity contribution >= 4 is 39.5 Å². The summed E-state index contributed by atoms with van der Waals surface area (Å²) in [5.41, 5.74) is 0. The second kappa shape index (κ2) is 79.0. The van der Waals surface area contributed by atoms with Gasteiger partial charge in [-0.1, -0.05) is 280 Å². The Hall–Kier alpha value is -6.10. The van der Waals surface area contributed by atoms with Crippen molar-refractivity contribution in [1.82, 2.24) is 0 Å². The molecule has 0 aliphatic carbocycles. The van der Waals surface area contributed by atoms with E-state index in [0.29, 0.717) is 32.1 Å². The number of rotatable bonds is 74. The lowest BCUT2D eigenvalue weighted by Gasteiger charge is -2.21. The van der Waals surface area contributed by atoms with Crippen LogP contribution in [-0.4, -0.2) is 96.7 Å². The highest BCUT2D eigenvalue weighted by Gasteiger charge is 2.30. The van der Waals surface area contributed by atoms with Crippen LogP contribution in [0.5, 0.6) is 0 Å². The molecule has 0 fully saturated rings. The number of phosphoric acid groups is 2. The van der Waals surface area contributed by atoms with E-state index in [9.17, 15) is 43.2 Å². The van der Waals surface area contributed by atoms with Crippen LogP contribution in [0.1, 0.15) is 285 Å². The molecule has 0 aromatic rings. The summed E-state index contributed by atoms with van der Waals surface area (Å²) in [4.78, 5) is 73.1. The maximum Gasteiger partial charge on any atom is 0.472 e. The maximum absolute atomic E-state index is 13.1. The fraction of sp³-hybridized carbons (Fsp3) is 0.596. The molecule has 5 atom stereocenters. The molecule has 0 saturated heterocycles. The number of phosphoric ester groups is 2. The highest BCUT2D eigenvalue weighted by Crippen LogP contribution is 2.45. The standard InChI is InChI=1S/C89H142O17P2/c1-5-9-13-17-21-25-29-33-37-39-41-43-47-49-53-57-61-65-69-73-86(91)99-79-84(105-88(93)75-71-67-63-59-55-51-45-35-31-27-23-19-15-11-7-3)81-103-107(95,96)101-77-83(90)78-102-108(97,98)104-82-85(106-89(94)76-72-68-64-60-56-52-46-36-32-28-24-20-16-12-8-4)80-100-87(92)74-70-66-62-58-54-50-48-44-42-40-38-34-30-26-22-18-14-10-6-2/h9-11,13-15,21-28,33-38,41-46,49-50,53-54,62,66,83-85,90H,5-8,12,16-20,29-32,39-40,47-48,51-52,55-61,63-65,67-82H2,1-4H3,(H,95,96)(H,97,98)/b13-9-,14-10-,15-11-,25-21-,26-22-,27-23-,28-24-,37-33-,38-34-,43-41-,44-42-,45-35-,46-36-,53-49-,54-50-,66-62-. The van der Waals surface area contributed by atoms with Crippen molar-refractivity contribution in [2.75, 3.05) is 39.6 Å². The van der Waals surface area contributed by atoms with Crippen LogP contribution >= 0.6 is 15.6 Å². The average Bonchev–Trinajstić information content (AvgIpc) is 0.923. The van der Waals surface area contributed by atoms with E-state index in [0.717, 1.165) is 180 Å². The quantitative estimate of drug-likeness (QED) is 0.0169.